The average Bonchev–Trinajstić information content (AvgIpc) is 3.37. The Bertz CT molecular complexity index is 757. The van der Waals surface area contributed by atoms with Crippen LogP contribution in [-0.4, -0.2) is 18.5 Å². The molecule has 1 N–H and O–H groups in total. The van der Waals surface area contributed by atoms with E-state index in [0.29, 0.717) is 17.9 Å². The van der Waals surface area contributed by atoms with Crippen LogP contribution < -0.4 is 5.32 Å². The van der Waals surface area contributed by atoms with Crippen molar-refractivity contribution in [3.05, 3.63) is 65.5 Å². The third-order valence-electron chi connectivity index (χ3n) is 4.07. The Morgan fingerprint density at radius 1 is 1.21 bits per heavy atom. The standard InChI is InChI=1S/C19H18FNO3/c1-2-24-19(23)13-4-3-5-15(10-13)21-18(22)17-11-16(17)12-6-8-14(20)9-7-12/h3-10,16-17H,2,11H2,1H3,(H,21,22). The summed E-state index contributed by atoms with van der Waals surface area (Å²) < 4.78 is 17.9. The molecule has 0 aliphatic heterocycles. The molecule has 4 nitrogen and oxygen atoms in total. The van der Waals surface area contributed by atoms with Gasteiger partial charge in [0.05, 0.1) is 12.2 Å². The van der Waals surface area contributed by atoms with Gasteiger partial charge < -0.3 is 10.1 Å². The zero-order valence-corrected chi connectivity index (χ0v) is 13.3. The summed E-state index contributed by atoms with van der Waals surface area (Å²) in [6.07, 6.45) is 0.745. The van der Waals surface area contributed by atoms with Gasteiger partial charge in [-0.25, -0.2) is 9.18 Å². The van der Waals surface area contributed by atoms with Crippen LogP contribution in [0.3, 0.4) is 0 Å². The maximum atomic E-state index is 13.0. The molecule has 0 bridgehead atoms. The lowest BCUT2D eigenvalue weighted by Crippen LogP contribution is -2.15. The lowest BCUT2D eigenvalue weighted by Gasteiger charge is -2.07. The molecule has 2 aromatic rings. The van der Waals surface area contributed by atoms with E-state index in [1.54, 1.807) is 43.3 Å². The van der Waals surface area contributed by atoms with Crippen LogP contribution in [0.1, 0.15) is 35.2 Å². The Hall–Kier alpha value is -2.69. The minimum Gasteiger partial charge on any atom is -0.462 e. The summed E-state index contributed by atoms with van der Waals surface area (Å²) in [6.45, 7) is 2.04. The number of amides is 1. The molecule has 5 heteroatoms. The van der Waals surface area contributed by atoms with Gasteiger partial charge in [0.1, 0.15) is 5.82 Å². The van der Waals surface area contributed by atoms with E-state index in [1.165, 1.54) is 12.1 Å². The van der Waals surface area contributed by atoms with E-state index in [9.17, 15) is 14.0 Å². The van der Waals surface area contributed by atoms with Gasteiger partial charge >= 0.3 is 5.97 Å². The Labute approximate surface area is 139 Å². The first-order valence-electron chi connectivity index (χ1n) is 7.92. The van der Waals surface area contributed by atoms with Gasteiger partial charge in [0.25, 0.3) is 0 Å². The van der Waals surface area contributed by atoms with Gasteiger partial charge in [-0.15, -0.1) is 0 Å². The number of ether oxygens (including phenoxy) is 1. The molecule has 0 heterocycles. The lowest BCUT2D eigenvalue weighted by atomic mass is 10.1. The van der Waals surface area contributed by atoms with Crippen molar-refractivity contribution in [3.63, 3.8) is 0 Å². The molecule has 2 unspecified atom stereocenters. The van der Waals surface area contributed by atoms with E-state index < -0.39 is 5.97 Å². The Morgan fingerprint density at radius 3 is 2.67 bits per heavy atom. The van der Waals surface area contributed by atoms with Crippen molar-refractivity contribution in [1.29, 1.82) is 0 Å². The molecule has 1 aliphatic carbocycles. The van der Waals surface area contributed by atoms with Crippen molar-refractivity contribution < 1.29 is 18.7 Å². The molecular weight excluding hydrogens is 309 g/mol. The highest BCUT2D eigenvalue weighted by molar-refractivity contribution is 5.97. The van der Waals surface area contributed by atoms with Crippen LogP contribution in [-0.2, 0) is 9.53 Å². The van der Waals surface area contributed by atoms with Crippen molar-refractivity contribution in [2.45, 2.75) is 19.3 Å². The van der Waals surface area contributed by atoms with Gasteiger partial charge in [-0.2, -0.15) is 0 Å². The zero-order valence-electron chi connectivity index (χ0n) is 13.3. The highest BCUT2D eigenvalue weighted by atomic mass is 19.1. The molecule has 0 spiro atoms. The van der Waals surface area contributed by atoms with Gasteiger partial charge in [-0.1, -0.05) is 18.2 Å². The van der Waals surface area contributed by atoms with Crippen LogP contribution in [0.4, 0.5) is 10.1 Å². The van der Waals surface area contributed by atoms with Crippen molar-refractivity contribution in [1.82, 2.24) is 0 Å². The summed E-state index contributed by atoms with van der Waals surface area (Å²) in [7, 11) is 0. The molecule has 0 radical (unpaired) electrons. The fourth-order valence-corrected chi connectivity index (χ4v) is 2.74. The summed E-state index contributed by atoms with van der Waals surface area (Å²) in [4.78, 5) is 24.1. The van der Waals surface area contributed by atoms with Crippen LogP contribution in [0.5, 0.6) is 0 Å². The number of carbonyl (C=O) groups excluding carboxylic acids is 2. The van der Waals surface area contributed by atoms with Crippen molar-refractivity contribution in [2.75, 3.05) is 11.9 Å². The molecule has 2 atom stereocenters. The lowest BCUT2D eigenvalue weighted by molar-refractivity contribution is -0.117. The minimum atomic E-state index is -0.413. The van der Waals surface area contributed by atoms with E-state index >= 15 is 0 Å². The predicted octanol–water partition coefficient (Wildman–Crippen LogP) is 3.74. The topological polar surface area (TPSA) is 55.4 Å². The first-order chi connectivity index (χ1) is 11.6. The second-order valence-electron chi connectivity index (χ2n) is 5.79. The second-order valence-corrected chi connectivity index (χ2v) is 5.79. The van der Waals surface area contributed by atoms with Crippen molar-refractivity contribution >= 4 is 17.6 Å². The number of nitrogens with one attached hydrogen (secondary N) is 1. The van der Waals surface area contributed by atoms with E-state index in [1.807, 2.05) is 0 Å². The number of benzene rings is 2. The fourth-order valence-electron chi connectivity index (χ4n) is 2.74. The minimum absolute atomic E-state index is 0.0923. The Kier molecular flexibility index (Phi) is 4.60. The molecule has 124 valence electrons. The maximum Gasteiger partial charge on any atom is 0.338 e. The SMILES string of the molecule is CCOC(=O)c1cccc(NC(=O)C2CC2c2ccc(F)cc2)c1. The zero-order chi connectivity index (χ0) is 17.1. The van der Waals surface area contributed by atoms with E-state index in [4.69, 9.17) is 4.74 Å². The first-order valence-corrected chi connectivity index (χ1v) is 7.92. The summed E-state index contributed by atoms with van der Waals surface area (Å²) >= 11 is 0. The Balaban J connectivity index is 1.63. The van der Waals surface area contributed by atoms with E-state index in [-0.39, 0.29) is 23.6 Å². The molecule has 24 heavy (non-hydrogen) atoms. The van der Waals surface area contributed by atoms with Gasteiger partial charge in [-0.3, -0.25) is 4.79 Å². The van der Waals surface area contributed by atoms with E-state index in [2.05, 4.69) is 5.32 Å². The summed E-state index contributed by atoms with van der Waals surface area (Å²) in [6, 6.07) is 12.9. The number of hydrogen-bond acceptors (Lipinski definition) is 3. The van der Waals surface area contributed by atoms with Gasteiger partial charge in [0.2, 0.25) is 5.91 Å². The molecule has 0 aromatic heterocycles. The average molecular weight is 327 g/mol. The third kappa shape index (κ3) is 3.62. The summed E-state index contributed by atoms with van der Waals surface area (Å²) in [5.74, 6) is -0.786. The number of rotatable bonds is 5. The van der Waals surface area contributed by atoms with Crippen LogP contribution in [0.15, 0.2) is 48.5 Å². The molecule has 1 fully saturated rings. The highest BCUT2D eigenvalue weighted by Gasteiger charge is 2.43. The van der Waals surface area contributed by atoms with Crippen LogP contribution in [0.2, 0.25) is 0 Å². The molecular formula is C19H18FNO3. The Morgan fingerprint density at radius 2 is 1.96 bits per heavy atom. The van der Waals surface area contributed by atoms with Crippen molar-refractivity contribution in [2.24, 2.45) is 5.92 Å². The normalized spacial score (nSPS) is 18.8. The number of hydrogen-bond donors (Lipinski definition) is 1. The largest absolute Gasteiger partial charge is 0.462 e. The molecule has 3 rings (SSSR count). The van der Waals surface area contributed by atoms with Crippen LogP contribution >= 0.6 is 0 Å². The second kappa shape index (κ2) is 6.83. The predicted molar refractivity (Wildman–Crippen MR) is 88.3 cm³/mol. The molecule has 1 amide bonds. The van der Waals surface area contributed by atoms with Crippen molar-refractivity contribution in [3.8, 4) is 0 Å². The van der Waals surface area contributed by atoms with Gasteiger partial charge in [-0.05, 0) is 55.2 Å². The molecule has 1 saturated carbocycles. The summed E-state index contributed by atoms with van der Waals surface area (Å²) in [5, 5.41) is 2.83. The molecule has 1 aliphatic rings. The maximum absolute atomic E-state index is 13.0. The first kappa shape index (κ1) is 16.2. The number of esters is 1. The monoisotopic (exact) mass is 327 g/mol. The number of halogens is 1. The fraction of sp³-hybridized carbons (Fsp3) is 0.263. The third-order valence-corrected chi connectivity index (χ3v) is 4.07. The smallest absolute Gasteiger partial charge is 0.338 e. The molecule has 0 saturated heterocycles. The summed E-state index contributed by atoms with van der Waals surface area (Å²) in [5.41, 5.74) is 1.94. The number of carbonyl (C=O) groups is 2. The highest BCUT2D eigenvalue weighted by Crippen LogP contribution is 2.47. The number of anilines is 1. The van der Waals surface area contributed by atoms with Crippen LogP contribution in [0, 0.1) is 11.7 Å². The molecule has 2 aromatic carbocycles. The van der Waals surface area contributed by atoms with Gasteiger partial charge in [0, 0.05) is 11.6 Å². The quantitative estimate of drug-likeness (QED) is 0.851. The van der Waals surface area contributed by atoms with E-state index in [0.717, 1.165) is 12.0 Å². The van der Waals surface area contributed by atoms with Crippen LogP contribution in [0.25, 0.3) is 0 Å². The van der Waals surface area contributed by atoms with Gasteiger partial charge in [0.15, 0.2) is 0 Å².